The van der Waals surface area contributed by atoms with Crippen molar-refractivity contribution in [1.29, 1.82) is 0 Å². The lowest BCUT2D eigenvalue weighted by molar-refractivity contribution is 0.213. The minimum absolute atomic E-state index is 0.119. The van der Waals surface area contributed by atoms with E-state index in [1.807, 2.05) is 0 Å². The van der Waals surface area contributed by atoms with Crippen LogP contribution in [0.4, 0.5) is 0 Å². The van der Waals surface area contributed by atoms with Crippen molar-refractivity contribution in [3.05, 3.63) is 115 Å². The van der Waals surface area contributed by atoms with E-state index >= 15 is 0 Å². The first kappa shape index (κ1) is 35.9. The summed E-state index contributed by atoms with van der Waals surface area (Å²) in [6.07, 6.45) is 2.09. The Labute approximate surface area is 300 Å². The Bertz CT molecular complexity index is 1710. The minimum atomic E-state index is -0.126. The molecule has 0 saturated carbocycles. The van der Waals surface area contributed by atoms with Crippen molar-refractivity contribution < 1.29 is 19.7 Å². The quantitative estimate of drug-likeness (QED) is 0.172. The molecule has 6 rings (SSSR count). The van der Waals surface area contributed by atoms with Gasteiger partial charge in [-0.3, -0.25) is 0 Å². The predicted octanol–water partition coefficient (Wildman–Crippen LogP) is 10.7. The fourth-order valence-electron chi connectivity index (χ4n) is 7.30. The molecule has 2 N–H and O–H groups in total. The highest BCUT2D eigenvalue weighted by molar-refractivity contribution is 5.59. The number of hydrogen-bond donors (Lipinski definition) is 2. The molecule has 2 aliphatic heterocycles. The van der Waals surface area contributed by atoms with Crippen LogP contribution in [0.3, 0.4) is 0 Å². The lowest BCUT2D eigenvalue weighted by Gasteiger charge is -2.27. The molecule has 0 aromatic heterocycles. The Morgan fingerprint density at radius 1 is 0.360 bits per heavy atom. The number of hydrogen-bond acceptors (Lipinski definition) is 4. The number of phenolic OH excluding ortho intramolecular Hbond substituents is 2. The van der Waals surface area contributed by atoms with E-state index in [1.165, 1.54) is 22.3 Å². The van der Waals surface area contributed by atoms with Gasteiger partial charge in [0.15, 0.2) is 0 Å². The Balaban J connectivity index is 1.76. The van der Waals surface area contributed by atoms with E-state index in [1.54, 1.807) is 0 Å². The minimum Gasteiger partial charge on any atom is -0.507 e. The normalized spacial score (nSPS) is 15.2. The van der Waals surface area contributed by atoms with Crippen LogP contribution >= 0.6 is 0 Å². The van der Waals surface area contributed by atoms with Gasteiger partial charge in [0.05, 0.1) is 0 Å². The summed E-state index contributed by atoms with van der Waals surface area (Å²) in [5, 5.41) is 24.3. The maximum absolute atomic E-state index is 12.1. The average Bonchev–Trinajstić information content (AvgIpc) is 2.98. The second kappa shape index (κ2) is 12.4. The van der Waals surface area contributed by atoms with Gasteiger partial charge in [0.25, 0.3) is 0 Å². The van der Waals surface area contributed by atoms with Crippen molar-refractivity contribution in [3.63, 3.8) is 0 Å². The summed E-state index contributed by atoms with van der Waals surface area (Å²) in [6, 6.07) is 17.8. The number of rotatable bonds is 0. The van der Waals surface area contributed by atoms with Crippen LogP contribution in [0.25, 0.3) is 0 Å². The van der Waals surface area contributed by atoms with Crippen LogP contribution in [-0.2, 0) is 47.3 Å². The molecule has 0 aliphatic carbocycles. The van der Waals surface area contributed by atoms with E-state index in [0.29, 0.717) is 50.4 Å². The maximum Gasteiger partial charge on any atom is 0.126 e. The summed E-state index contributed by atoms with van der Waals surface area (Å²) >= 11 is 0. The molecule has 0 radical (unpaired) electrons. The predicted molar refractivity (Wildman–Crippen MR) is 206 cm³/mol. The number of aromatic hydroxyl groups is 2. The van der Waals surface area contributed by atoms with E-state index in [4.69, 9.17) is 9.47 Å². The average molecular weight is 675 g/mol. The Morgan fingerprint density at radius 2 is 0.560 bits per heavy atom. The summed E-state index contributed by atoms with van der Waals surface area (Å²) in [6.45, 7) is 27.6. The maximum atomic E-state index is 12.1. The molecule has 2 heterocycles. The monoisotopic (exact) mass is 674 g/mol. The molecule has 2 aliphatic rings. The van der Waals surface area contributed by atoms with E-state index in [-0.39, 0.29) is 21.7 Å². The lowest BCUT2D eigenvalue weighted by Crippen LogP contribution is -2.17. The van der Waals surface area contributed by atoms with Gasteiger partial charge in [-0.15, -0.1) is 0 Å². The van der Waals surface area contributed by atoms with E-state index < -0.39 is 0 Å². The molecule has 4 heteroatoms. The van der Waals surface area contributed by atoms with Gasteiger partial charge in [-0.1, -0.05) is 132 Å². The first-order valence-electron chi connectivity index (χ1n) is 18.4. The molecular weight excluding hydrogens is 617 g/mol. The van der Waals surface area contributed by atoms with Crippen LogP contribution in [0, 0.1) is 0 Å². The highest BCUT2D eigenvalue weighted by Gasteiger charge is 2.29. The van der Waals surface area contributed by atoms with Crippen molar-refractivity contribution in [2.75, 3.05) is 13.2 Å². The summed E-state index contributed by atoms with van der Waals surface area (Å²) in [4.78, 5) is 0. The van der Waals surface area contributed by atoms with Crippen LogP contribution in [0.1, 0.15) is 150 Å². The third-order valence-corrected chi connectivity index (χ3v) is 10.6. The second-order valence-corrected chi connectivity index (χ2v) is 18.9. The van der Waals surface area contributed by atoms with Gasteiger partial charge in [0.2, 0.25) is 0 Å². The Morgan fingerprint density at radius 3 is 0.760 bits per heavy atom. The molecular formula is C46H58O4. The molecule has 266 valence electrons. The number of benzene rings is 4. The number of ether oxygens (including phenoxy) is 2. The molecule has 0 atom stereocenters. The first-order valence-corrected chi connectivity index (χ1v) is 18.4. The molecule has 0 saturated heterocycles. The van der Waals surface area contributed by atoms with Gasteiger partial charge in [0, 0.05) is 25.7 Å². The second-order valence-electron chi connectivity index (χ2n) is 18.9. The zero-order chi connectivity index (χ0) is 36.6. The van der Waals surface area contributed by atoms with Crippen molar-refractivity contribution in [1.82, 2.24) is 0 Å². The van der Waals surface area contributed by atoms with Gasteiger partial charge in [-0.2, -0.15) is 0 Å². The third-order valence-electron chi connectivity index (χ3n) is 10.6. The topological polar surface area (TPSA) is 58.9 Å². The van der Waals surface area contributed by atoms with Crippen LogP contribution in [0.15, 0.2) is 48.5 Å². The molecule has 6 bridgehead atoms. The highest BCUT2D eigenvalue weighted by Crippen LogP contribution is 2.44. The molecule has 0 unspecified atom stereocenters. The van der Waals surface area contributed by atoms with Crippen LogP contribution in [-0.4, -0.2) is 23.4 Å². The van der Waals surface area contributed by atoms with Crippen molar-refractivity contribution in [2.45, 2.75) is 130 Å². The van der Waals surface area contributed by atoms with Crippen molar-refractivity contribution in [2.24, 2.45) is 0 Å². The fraction of sp³-hybridized carbons (Fsp3) is 0.478. The van der Waals surface area contributed by atoms with Crippen molar-refractivity contribution >= 4 is 0 Å². The van der Waals surface area contributed by atoms with Gasteiger partial charge < -0.3 is 19.7 Å². The van der Waals surface area contributed by atoms with E-state index in [9.17, 15) is 10.2 Å². The number of fused-ring (bicyclic) bond motifs is 7. The molecule has 0 fully saturated rings. The Hall–Kier alpha value is -3.92. The molecule has 50 heavy (non-hydrogen) atoms. The standard InChI is InChI=1S/C46H58O4/c1-43(2,3)35-19-27-15-31-23-37(45(7,8)9)25-33-17-29-21-36(44(4,5)6)22-30(40(29)48)18-34-26-38(46(10,11)12)24-32(16-28(20-35)39(27)47)42(34)50-14-13-49-41(31)33/h19-26,47-48H,13-18H2,1-12H3. The van der Waals surface area contributed by atoms with Crippen LogP contribution < -0.4 is 9.47 Å². The molecule has 0 amide bonds. The van der Waals surface area contributed by atoms with Gasteiger partial charge in [-0.05, 0) is 88.4 Å². The fourth-order valence-corrected chi connectivity index (χ4v) is 7.30. The number of phenols is 2. The zero-order valence-electron chi connectivity index (χ0n) is 32.6. The van der Waals surface area contributed by atoms with E-state index in [2.05, 4.69) is 132 Å². The summed E-state index contributed by atoms with van der Waals surface area (Å²) in [5.41, 5.74) is 12.0. The zero-order valence-corrected chi connectivity index (χ0v) is 32.6. The van der Waals surface area contributed by atoms with Gasteiger partial charge >= 0.3 is 0 Å². The highest BCUT2D eigenvalue weighted by atomic mass is 16.5. The smallest absolute Gasteiger partial charge is 0.126 e. The van der Waals surface area contributed by atoms with E-state index in [0.717, 1.165) is 56.0 Å². The van der Waals surface area contributed by atoms with Crippen molar-refractivity contribution in [3.8, 4) is 23.0 Å². The largest absolute Gasteiger partial charge is 0.507 e. The summed E-state index contributed by atoms with van der Waals surface area (Å²) in [5.74, 6) is 2.30. The SMILES string of the molecule is CC(C)(C)c1cc2c(O)c(c1)Cc1cc(C(C)(C)C)cc3c1OCCOc1c(cc(C(C)(C)C)cc1Cc1cc(C(C)(C)C)cc(c1O)C3)C2. The lowest BCUT2D eigenvalue weighted by atomic mass is 9.79. The molecule has 0 spiro atoms. The first-order chi connectivity index (χ1) is 23.1. The molecule has 4 aromatic carbocycles. The van der Waals surface area contributed by atoms with Crippen LogP contribution in [0.5, 0.6) is 23.0 Å². The summed E-state index contributed by atoms with van der Waals surface area (Å²) < 4.78 is 13.6. The molecule has 4 nitrogen and oxygen atoms in total. The van der Waals surface area contributed by atoms with Gasteiger partial charge in [0.1, 0.15) is 36.2 Å². The van der Waals surface area contributed by atoms with Crippen LogP contribution in [0.2, 0.25) is 0 Å². The van der Waals surface area contributed by atoms with Gasteiger partial charge in [-0.25, -0.2) is 0 Å². The Kier molecular flexibility index (Phi) is 8.89. The molecule has 4 aromatic rings. The third kappa shape index (κ3) is 7.13. The summed E-state index contributed by atoms with van der Waals surface area (Å²) in [7, 11) is 0.